The highest BCUT2D eigenvalue weighted by Gasteiger charge is 2.28. The molecule has 2 aromatic heterocycles. The van der Waals surface area contributed by atoms with Crippen molar-refractivity contribution in [1.29, 1.82) is 0 Å². The fourth-order valence-electron chi connectivity index (χ4n) is 2.40. The van der Waals surface area contributed by atoms with Crippen LogP contribution in [0.15, 0.2) is 42.9 Å². The molecule has 0 aliphatic rings. The van der Waals surface area contributed by atoms with Crippen LogP contribution in [0.4, 0.5) is 13.2 Å². The molecule has 0 unspecified atom stereocenters. The van der Waals surface area contributed by atoms with Crippen molar-refractivity contribution in [2.24, 2.45) is 0 Å². The molecule has 1 aromatic carbocycles. The lowest BCUT2D eigenvalue weighted by Crippen LogP contribution is -2.09. The molecular formula is C19H19F3N4O4. The molecule has 30 heavy (non-hydrogen) atoms. The van der Waals surface area contributed by atoms with Crippen molar-refractivity contribution in [3.8, 4) is 11.1 Å². The molecule has 3 rings (SSSR count). The van der Waals surface area contributed by atoms with Crippen LogP contribution >= 0.6 is 0 Å². The van der Waals surface area contributed by atoms with Crippen LogP contribution in [0.1, 0.15) is 31.0 Å². The Kier molecular flexibility index (Phi) is 7.34. The van der Waals surface area contributed by atoms with E-state index in [0.717, 1.165) is 17.8 Å². The van der Waals surface area contributed by atoms with Crippen LogP contribution in [0, 0.1) is 5.82 Å². The minimum atomic E-state index is -3.23. The second-order valence-corrected chi connectivity index (χ2v) is 6.38. The molecule has 3 aromatic rings. The largest absolute Gasteiger partial charge is 0.481 e. The van der Waals surface area contributed by atoms with Crippen LogP contribution in [0.25, 0.3) is 11.1 Å². The Labute approximate surface area is 169 Å². The van der Waals surface area contributed by atoms with Gasteiger partial charge in [0.25, 0.3) is 5.92 Å². The van der Waals surface area contributed by atoms with E-state index < -0.39 is 29.2 Å². The fourth-order valence-corrected chi connectivity index (χ4v) is 2.40. The Bertz CT molecular complexity index is 984. The number of carboxylic acid groups (broad SMARTS) is 2. The SMILES string of the molecule is CC(F)(F)c1cc(-c2cnn(Cc3ccn[nH]3)c2)ccc1F.O=C(O)CCC(=O)O. The maximum absolute atomic E-state index is 13.5. The Morgan fingerprint density at radius 1 is 1.13 bits per heavy atom. The molecule has 0 aliphatic heterocycles. The standard InChI is InChI=1S/C15H13F3N4.C4H6O4/c1-15(17,18)13-6-10(2-3-14(13)16)11-7-20-22(8-11)9-12-4-5-19-21-12;5-3(6)1-2-4(7)8/h2-8H,9H2,1H3,(H,19,21);1-2H2,(H,5,6)(H,7,8). The lowest BCUT2D eigenvalue weighted by molar-refractivity contribution is -0.143. The number of aromatic amines is 1. The molecule has 0 radical (unpaired) electrons. The third-order valence-corrected chi connectivity index (χ3v) is 3.85. The Morgan fingerprint density at radius 3 is 2.33 bits per heavy atom. The molecule has 160 valence electrons. The van der Waals surface area contributed by atoms with Gasteiger partial charge in [0.15, 0.2) is 0 Å². The first-order chi connectivity index (χ1) is 14.1. The van der Waals surface area contributed by atoms with Crippen molar-refractivity contribution in [2.45, 2.75) is 32.2 Å². The monoisotopic (exact) mass is 424 g/mol. The Balaban J connectivity index is 0.000000343. The third kappa shape index (κ3) is 6.76. The number of hydrogen-bond donors (Lipinski definition) is 3. The van der Waals surface area contributed by atoms with E-state index in [1.165, 1.54) is 6.07 Å². The van der Waals surface area contributed by atoms with Crippen LogP contribution < -0.4 is 0 Å². The predicted molar refractivity (Wildman–Crippen MR) is 99.4 cm³/mol. The van der Waals surface area contributed by atoms with Crippen LogP contribution in [0.2, 0.25) is 0 Å². The van der Waals surface area contributed by atoms with Gasteiger partial charge >= 0.3 is 11.9 Å². The molecule has 8 nitrogen and oxygen atoms in total. The highest BCUT2D eigenvalue weighted by Crippen LogP contribution is 2.32. The number of aromatic nitrogens is 4. The van der Waals surface area contributed by atoms with Crippen molar-refractivity contribution in [2.75, 3.05) is 0 Å². The summed E-state index contributed by atoms with van der Waals surface area (Å²) in [5, 5.41) is 26.6. The van der Waals surface area contributed by atoms with Gasteiger partial charge in [0.05, 0.1) is 36.8 Å². The number of benzene rings is 1. The number of halogens is 3. The lowest BCUT2D eigenvalue weighted by Gasteiger charge is -2.12. The summed E-state index contributed by atoms with van der Waals surface area (Å²) >= 11 is 0. The zero-order chi connectivity index (χ0) is 22.3. The molecule has 0 fully saturated rings. The Hall–Kier alpha value is -3.63. The van der Waals surface area contributed by atoms with E-state index in [4.69, 9.17) is 10.2 Å². The maximum Gasteiger partial charge on any atom is 0.303 e. The molecule has 0 aliphatic carbocycles. The molecule has 0 saturated carbocycles. The van der Waals surface area contributed by atoms with E-state index >= 15 is 0 Å². The van der Waals surface area contributed by atoms with Gasteiger partial charge in [0, 0.05) is 24.9 Å². The quantitative estimate of drug-likeness (QED) is 0.534. The first-order valence-electron chi connectivity index (χ1n) is 8.68. The van der Waals surface area contributed by atoms with Gasteiger partial charge in [-0.2, -0.15) is 10.2 Å². The van der Waals surface area contributed by atoms with Gasteiger partial charge in [-0.05, 0) is 23.8 Å². The highest BCUT2D eigenvalue weighted by molar-refractivity contribution is 5.75. The second-order valence-electron chi connectivity index (χ2n) is 6.38. The number of H-pyrrole nitrogens is 1. The van der Waals surface area contributed by atoms with E-state index in [0.29, 0.717) is 24.6 Å². The number of carbonyl (C=O) groups is 2. The summed E-state index contributed by atoms with van der Waals surface area (Å²) in [4.78, 5) is 19.3. The number of nitrogens with one attached hydrogen (secondary N) is 1. The third-order valence-electron chi connectivity index (χ3n) is 3.85. The van der Waals surface area contributed by atoms with Gasteiger partial charge in [-0.1, -0.05) is 6.07 Å². The van der Waals surface area contributed by atoms with Crippen LogP contribution in [-0.2, 0) is 22.1 Å². The maximum atomic E-state index is 13.5. The molecule has 0 amide bonds. The minimum absolute atomic E-state index is 0.296. The van der Waals surface area contributed by atoms with E-state index in [1.54, 1.807) is 23.3 Å². The van der Waals surface area contributed by atoms with E-state index in [1.807, 2.05) is 6.07 Å². The minimum Gasteiger partial charge on any atom is -0.481 e. The van der Waals surface area contributed by atoms with Crippen molar-refractivity contribution in [3.05, 3.63) is 59.9 Å². The highest BCUT2D eigenvalue weighted by atomic mass is 19.3. The average Bonchev–Trinajstić information content (AvgIpc) is 3.32. The normalized spacial score (nSPS) is 10.9. The summed E-state index contributed by atoms with van der Waals surface area (Å²) in [7, 11) is 0. The van der Waals surface area contributed by atoms with E-state index in [2.05, 4.69) is 15.3 Å². The molecule has 0 saturated heterocycles. The molecule has 0 spiro atoms. The van der Waals surface area contributed by atoms with Crippen molar-refractivity contribution in [3.63, 3.8) is 0 Å². The van der Waals surface area contributed by atoms with Crippen LogP contribution in [0.3, 0.4) is 0 Å². The zero-order valence-corrected chi connectivity index (χ0v) is 15.8. The summed E-state index contributed by atoms with van der Waals surface area (Å²) in [5.74, 6) is -6.30. The van der Waals surface area contributed by atoms with Crippen molar-refractivity contribution >= 4 is 11.9 Å². The molecule has 0 bridgehead atoms. The molecular weight excluding hydrogens is 405 g/mol. The topological polar surface area (TPSA) is 121 Å². The van der Waals surface area contributed by atoms with Crippen molar-refractivity contribution in [1.82, 2.24) is 20.0 Å². The summed E-state index contributed by atoms with van der Waals surface area (Å²) < 4.78 is 42.0. The summed E-state index contributed by atoms with van der Waals surface area (Å²) in [5.41, 5.74) is 1.39. The summed E-state index contributed by atoms with van der Waals surface area (Å²) in [6.45, 7) is 1.16. The number of rotatable bonds is 7. The number of nitrogens with zero attached hydrogens (tertiary/aromatic N) is 3. The number of aliphatic carboxylic acids is 2. The fraction of sp³-hybridized carbons (Fsp3) is 0.263. The summed E-state index contributed by atoms with van der Waals surface area (Å²) in [6, 6.07) is 5.48. The lowest BCUT2D eigenvalue weighted by atomic mass is 10.0. The smallest absolute Gasteiger partial charge is 0.303 e. The van der Waals surface area contributed by atoms with E-state index in [9.17, 15) is 22.8 Å². The average molecular weight is 424 g/mol. The van der Waals surface area contributed by atoms with E-state index in [-0.39, 0.29) is 12.8 Å². The van der Waals surface area contributed by atoms with Crippen LogP contribution in [-0.4, -0.2) is 42.1 Å². The van der Waals surface area contributed by atoms with Gasteiger partial charge in [0.2, 0.25) is 0 Å². The number of hydrogen-bond acceptors (Lipinski definition) is 4. The number of alkyl halides is 2. The number of carboxylic acids is 2. The molecule has 11 heteroatoms. The molecule has 2 heterocycles. The second kappa shape index (κ2) is 9.72. The van der Waals surface area contributed by atoms with Gasteiger partial charge < -0.3 is 10.2 Å². The summed E-state index contributed by atoms with van der Waals surface area (Å²) in [6.07, 6.45) is 4.31. The van der Waals surface area contributed by atoms with Gasteiger partial charge in [-0.3, -0.25) is 19.4 Å². The first kappa shape index (κ1) is 22.7. The molecule has 0 atom stereocenters. The zero-order valence-electron chi connectivity index (χ0n) is 15.8. The van der Waals surface area contributed by atoms with Gasteiger partial charge in [-0.15, -0.1) is 0 Å². The van der Waals surface area contributed by atoms with Gasteiger partial charge in [0.1, 0.15) is 5.82 Å². The predicted octanol–water partition coefficient (Wildman–Crippen LogP) is 3.51. The van der Waals surface area contributed by atoms with Crippen molar-refractivity contribution < 1.29 is 33.0 Å². The Morgan fingerprint density at radius 2 is 1.80 bits per heavy atom. The van der Waals surface area contributed by atoms with Gasteiger partial charge in [-0.25, -0.2) is 13.2 Å². The van der Waals surface area contributed by atoms with Crippen LogP contribution in [0.5, 0.6) is 0 Å². The first-order valence-corrected chi connectivity index (χ1v) is 8.68. The molecule has 3 N–H and O–H groups in total.